The number of benzene rings is 3. The van der Waals surface area contributed by atoms with Gasteiger partial charge in [-0.2, -0.15) is 0 Å². The van der Waals surface area contributed by atoms with Crippen LogP contribution in [0.1, 0.15) is 16.7 Å². The number of hydrogen-bond acceptors (Lipinski definition) is 4. The van der Waals surface area contributed by atoms with E-state index in [0.717, 1.165) is 16.7 Å². The van der Waals surface area contributed by atoms with Crippen LogP contribution < -0.4 is 0 Å². The summed E-state index contributed by atoms with van der Waals surface area (Å²) in [5, 5.41) is 0. The van der Waals surface area contributed by atoms with Crippen LogP contribution in [0.3, 0.4) is 0 Å². The molecule has 0 aliphatic carbocycles. The van der Waals surface area contributed by atoms with Crippen LogP contribution in [0.5, 0.6) is 0 Å². The first kappa shape index (κ1) is 18.7. The fourth-order valence-electron chi connectivity index (χ4n) is 2.30. The summed E-state index contributed by atoms with van der Waals surface area (Å²) in [7, 11) is 0. The van der Waals surface area contributed by atoms with E-state index in [1.54, 1.807) is 0 Å². The first-order valence-corrected chi connectivity index (χ1v) is 11.5. The molecule has 0 saturated carbocycles. The fourth-order valence-corrected chi connectivity index (χ4v) is 4.70. The minimum absolute atomic E-state index is 0.181. The summed E-state index contributed by atoms with van der Waals surface area (Å²) in [6.07, 6.45) is 0. The van der Waals surface area contributed by atoms with Crippen molar-refractivity contribution in [2.75, 3.05) is 0 Å². The molecule has 0 saturated heterocycles. The molecule has 0 amide bonds. The molecular formula is C21H21AsO4. The monoisotopic (exact) mass is 412 g/mol. The van der Waals surface area contributed by atoms with Gasteiger partial charge < -0.3 is 0 Å². The van der Waals surface area contributed by atoms with Crippen LogP contribution in [0.15, 0.2) is 91.0 Å². The Labute approximate surface area is 157 Å². The van der Waals surface area contributed by atoms with Gasteiger partial charge in [0.2, 0.25) is 0 Å². The molecule has 3 aromatic carbocycles. The predicted molar refractivity (Wildman–Crippen MR) is 100 cm³/mol. The van der Waals surface area contributed by atoms with Crippen LogP contribution in [0, 0.1) is 0 Å². The van der Waals surface area contributed by atoms with Gasteiger partial charge in [-0.3, -0.25) is 0 Å². The molecule has 0 spiro atoms. The first-order valence-electron chi connectivity index (χ1n) is 8.39. The quantitative estimate of drug-likeness (QED) is 0.486. The van der Waals surface area contributed by atoms with E-state index in [-0.39, 0.29) is 19.8 Å². The molecule has 0 unspecified atom stereocenters. The normalized spacial score (nSPS) is 11.4. The molecule has 5 heteroatoms. The summed E-state index contributed by atoms with van der Waals surface area (Å²) in [6, 6.07) is 28.7. The molecule has 0 atom stereocenters. The maximum absolute atomic E-state index is 13.1. The van der Waals surface area contributed by atoms with E-state index in [1.807, 2.05) is 91.0 Å². The molecular weight excluding hydrogens is 391 g/mol. The van der Waals surface area contributed by atoms with Gasteiger partial charge in [0.25, 0.3) is 0 Å². The van der Waals surface area contributed by atoms with Crippen molar-refractivity contribution in [3.8, 4) is 0 Å². The van der Waals surface area contributed by atoms with E-state index in [0.29, 0.717) is 0 Å². The van der Waals surface area contributed by atoms with E-state index in [9.17, 15) is 3.74 Å². The molecule has 3 aromatic rings. The molecule has 0 aliphatic rings. The van der Waals surface area contributed by atoms with Crippen LogP contribution in [0.2, 0.25) is 0 Å². The Kier molecular flexibility index (Phi) is 6.87. The van der Waals surface area contributed by atoms with Crippen molar-refractivity contribution < 1.29 is 14.9 Å². The Hall–Kier alpha value is -2.10. The molecule has 3 rings (SSSR count). The molecule has 0 aromatic heterocycles. The topological polar surface area (TPSA) is 44.8 Å². The Morgan fingerprint density at radius 2 is 0.769 bits per heavy atom. The van der Waals surface area contributed by atoms with Crippen molar-refractivity contribution in [3.05, 3.63) is 108 Å². The van der Waals surface area contributed by atoms with Crippen molar-refractivity contribution in [1.82, 2.24) is 0 Å². The Morgan fingerprint density at radius 1 is 0.500 bits per heavy atom. The SMILES string of the molecule is O=[As](OCc1ccccc1)(OCc1ccccc1)OCc1ccccc1. The van der Waals surface area contributed by atoms with Crippen molar-refractivity contribution in [1.29, 1.82) is 0 Å². The van der Waals surface area contributed by atoms with E-state index in [2.05, 4.69) is 0 Å². The predicted octanol–water partition coefficient (Wildman–Crippen LogP) is 4.50. The van der Waals surface area contributed by atoms with E-state index < -0.39 is 14.5 Å². The standard InChI is InChI=1S/C21H21AsO4/c23-22(24-16-19-10-4-1-5-11-19,25-17-20-12-6-2-7-13-20)26-18-21-14-8-3-9-15-21/h1-15H,16-18H2. The van der Waals surface area contributed by atoms with Crippen LogP contribution in [-0.2, 0) is 34.7 Å². The molecule has 134 valence electrons. The number of hydrogen-bond donors (Lipinski definition) is 0. The van der Waals surface area contributed by atoms with Crippen molar-refractivity contribution in [3.63, 3.8) is 0 Å². The van der Waals surface area contributed by atoms with Gasteiger partial charge >= 0.3 is 157 Å². The summed E-state index contributed by atoms with van der Waals surface area (Å²) in [6.45, 7) is 0.544. The van der Waals surface area contributed by atoms with Gasteiger partial charge in [-0.1, -0.05) is 0 Å². The van der Waals surface area contributed by atoms with Crippen molar-refractivity contribution >= 4 is 14.5 Å². The van der Waals surface area contributed by atoms with Gasteiger partial charge in [-0.05, 0) is 0 Å². The van der Waals surface area contributed by atoms with Crippen LogP contribution in [-0.4, -0.2) is 14.5 Å². The van der Waals surface area contributed by atoms with Gasteiger partial charge in [0.15, 0.2) is 0 Å². The zero-order valence-electron chi connectivity index (χ0n) is 14.4. The molecule has 0 aliphatic heterocycles. The maximum atomic E-state index is 13.1. The van der Waals surface area contributed by atoms with Crippen LogP contribution in [0.25, 0.3) is 0 Å². The average molecular weight is 412 g/mol. The minimum atomic E-state index is -4.44. The molecule has 0 fully saturated rings. The third-order valence-corrected chi connectivity index (χ3v) is 6.50. The third-order valence-electron chi connectivity index (χ3n) is 3.70. The fraction of sp³-hybridized carbons (Fsp3) is 0.143. The Balaban J connectivity index is 1.65. The summed E-state index contributed by atoms with van der Waals surface area (Å²) in [5.41, 5.74) is 2.75. The summed E-state index contributed by atoms with van der Waals surface area (Å²) < 4.78 is 30.0. The van der Waals surface area contributed by atoms with Gasteiger partial charge in [0.05, 0.1) is 0 Å². The molecule has 26 heavy (non-hydrogen) atoms. The van der Waals surface area contributed by atoms with Crippen LogP contribution in [0.4, 0.5) is 0 Å². The van der Waals surface area contributed by atoms with Gasteiger partial charge in [0.1, 0.15) is 0 Å². The van der Waals surface area contributed by atoms with Crippen LogP contribution >= 0.6 is 0 Å². The Morgan fingerprint density at radius 3 is 1.04 bits per heavy atom. The zero-order valence-corrected chi connectivity index (χ0v) is 16.2. The molecule has 0 bridgehead atoms. The average Bonchev–Trinajstić information content (AvgIpc) is 2.72. The Bertz CT molecular complexity index is 709. The van der Waals surface area contributed by atoms with Gasteiger partial charge in [-0.15, -0.1) is 0 Å². The second-order valence-electron chi connectivity index (χ2n) is 5.72. The molecule has 0 N–H and O–H groups in total. The van der Waals surface area contributed by atoms with Crippen molar-refractivity contribution in [2.24, 2.45) is 0 Å². The molecule has 0 heterocycles. The first-order chi connectivity index (χ1) is 12.7. The van der Waals surface area contributed by atoms with Gasteiger partial charge in [-0.25, -0.2) is 0 Å². The zero-order chi connectivity index (χ0) is 18.1. The summed E-state index contributed by atoms with van der Waals surface area (Å²) >= 11 is -4.44. The van der Waals surface area contributed by atoms with E-state index >= 15 is 0 Å². The second-order valence-corrected chi connectivity index (χ2v) is 9.23. The van der Waals surface area contributed by atoms with E-state index in [1.165, 1.54) is 0 Å². The van der Waals surface area contributed by atoms with Gasteiger partial charge in [0, 0.05) is 0 Å². The third kappa shape index (κ3) is 6.01. The van der Waals surface area contributed by atoms with E-state index in [4.69, 9.17) is 11.2 Å². The number of rotatable bonds is 9. The molecule has 4 nitrogen and oxygen atoms in total. The molecule has 0 radical (unpaired) electrons. The second kappa shape index (κ2) is 9.56. The summed E-state index contributed by atoms with van der Waals surface area (Å²) in [5.74, 6) is 0. The summed E-state index contributed by atoms with van der Waals surface area (Å²) in [4.78, 5) is 0. The van der Waals surface area contributed by atoms with Crippen molar-refractivity contribution in [2.45, 2.75) is 19.8 Å².